The molecule has 0 bridgehead atoms. The number of benzene rings is 3. The molecule has 29 nitrogen and oxygen atoms in total. The number of anilines is 3. The standard InChI is InChI=1S/C24H31N7O3.C20H25N7O3.C17H17FN6O3/c1-17-13-18-14-19(34-23-20(15-29-33-2)22(25)27-16-28-23)7-8-21(18)31(17)24(32)26-9-3-4-10-30-11-5-6-12-30;1-13-9-14-10-15(30-19-16(11-25-29-4)18(21)23-12-24-19)5-6-17(14)27(13)20(28)22-7-8-26(2)3;1-9-6-10-12(24(9)17(25)20-2)4-5-13(14(10)18)27-16-11(7-23-26-3)15(19)21-8-22-16/h7-8,13-16H,3-6,9-12H2,1-2H3,(H,26,32)(H2,25,27,28);5-6,9-12H,7-8H2,1-4H3,(H,22,28)(H2,21,23,24);4-8H,1-3H3,(H,20,25)(H2,19,21,22)/b29-15+;25-11+;23-7+. The second-order valence-corrected chi connectivity index (χ2v) is 20.7. The first-order valence-electron chi connectivity index (χ1n) is 28.7. The molecule has 0 atom stereocenters. The number of hydrogen-bond donors (Lipinski definition) is 6. The van der Waals surface area contributed by atoms with Crippen LogP contribution in [0.2, 0.25) is 0 Å². The fourth-order valence-electron chi connectivity index (χ4n) is 9.78. The molecule has 1 fully saturated rings. The number of likely N-dealkylation sites (N-methyl/N-ethyl adjacent to an activating group) is 1. The van der Waals surface area contributed by atoms with Crippen LogP contribution in [0.25, 0.3) is 32.7 Å². The van der Waals surface area contributed by atoms with Gasteiger partial charge in [0.2, 0.25) is 17.6 Å². The molecule has 3 aromatic carbocycles. The van der Waals surface area contributed by atoms with Crippen molar-refractivity contribution in [2.45, 2.75) is 46.5 Å². The summed E-state index contributed by atoms with van der Waals surface area (Å²) in [6, 6.07) is 18.7. The number of aromatic nitrogens is 9. The van der Waals surface area contributed by atoms with Crippen LogP contribution < -0.4 is 47.4 Å². The lowest BCUT2D eigenvalue weighted by Crippen LogP contribution is -2.34. The molecule has 1 saturated heterocycles. The maximum atomic E-state index is 15.0. The highest BCUT2D eigenvalue weighted by Crippen LogP contribution is 2.34. The number of amides is 3. The molecule has 0 aliphatic carbocycles. The van der Waals surface area contributed by atoms with E-state index in [9.17, 15) is 18.8 Å². The zero-order chi connectivity index (χ0) is 65.1. The van der Waals surface area contributed by atoms with Crippen molar-refractivity contribution in [2.24, 2.45) is 15.5 Å². The number of likely N-dealkylation sites (tertiary alicyclic amines) is 1. The quantitative estimate of drug-likeness (QED) is 0.0238. The van der Waals surface area contributed by atoms with Crippen molar-refractivity contribution in [3.05, 3.63) is 125 Å². The number of unbranched alkanes of at least 4 members (excludes halogenated alkanes) is 1. The minimum Gasteiger partial charge on any atom is -0.438 e. The Morgan fingerprint density at radius 3 is 1.48 bits per heavy atom. The zero-order valence-electron chi connectivity index (χ0n) is 51.9. The number of carbonyl (C=O) groups is 3. The summed E-state index contributed by atoms with van der Waals surface area (Å²) in [5.74, 6) is 1.45. The molecule has 478 valence electrons. The number of nitrogen functional groups attached to an aromatic ring is 3. The Balaban J connectivity index is 0.000000177. The monoisotopic (exact) mass is 1250 g/mol. The number of oxime groups is 3. The van der Waals surface area contributed by atoms with Gasteiger partial charge in [-0.2, -0.15) is 0 Å². The molecule has 10 rings (SSSR count). The van der Waals surface area contributed by atoms with Crippen LogP contribution in [0, 0.1) is 26.6 Å². The molecule has 6 aromatic heterocycles. The van der Waals surface area contributed by atoms with E-state index in [1.54, 1.807) is 40.3 Å². The molecule has 7 heterocycles. The van der Waals surface area contributed by atoms with E-state index in [-0.39, 0.29) is 69.9 Å². The van der Waals surface area contributed by atoms with E-state index >= 15 is 0 Å². The van der Waals surface area contributed by atoms with E-state index in [1.807, 2.05) is 69.2 Å². The molecule has 1 aliphatic rings. The highest BCUT2D eigenvalue weighted by molar-refractivity contribution is 5.96. The number of hydrogen-bond acceptors (Lipinski definition) is 23. The SMILES string of the molecule is CNC(=O)n1c(C)cc2c(F)c(Oc3ncnc(N)c3/C=N/OC)ccc21.CO/N=C/c1c(N)ncnc1Oc1ccc2c(c1)cc(C)n2C(=O)NCCCCN1CCCC1.CO/N=C/c1c(N)ncnc1Oc1ccc2c(c1)cc(C)n2C(=O)NCCN(C)C. The second-order valence-electron chi connectivity index (χ2n) is 20.7. The smallest absolute Gasteiger partial charge is 0.326 e. The summed E-state index contributed by atoms with van der Waals surface area (Å²) in [5, 5.41) is 21.5. The molecule has 91 heavy (non-hydrogen) atoms. The highest BCUT2D eigenvalue weighted by atomic mass is 19.1. The number of carbonyl (C=O) groups excluding carboxylic acids is 3. The molecule has 9 N–H and O–H groups in total. The van der Waals surface area contributed by atoms with Gasteiger partial charge in [0.1, 0.15) is 86.0 Å². The lowest BCUT2D eigenvalue weighted by Gasteiger charge is -2.14. The predicted molar refractivity (Wildman–Crippen MR) is 344 cm³/mol. The fraction of sp³-hybridized carbons (Fsp3) is 0.311. The lowest BCUT2D eigenvalue weighted by atomic mass is 10.2. The van der Waals surface area contributed by atoms with Crippen molar-refractivity contribution < 1.29 is 47.5 Å². The van der Waals surface area contributed by atoms with Crippen molar-refractivity contribution in [1.29, 1.82) is 0 Å². The van der Waals surface area contributed by atoms with E-state index in [1.165, 1.54) is 103 Å². The number of halogens is 1. The number of aryl methyl sites for hydroxylation is 3. The van der Waals surface area contributed by atoms with Gasteiger partial charge >= 0.3 is 18.1 Å². The normalized spacial score (nSPS) is 12.3. The minimum absolute atomic E-state index is 0.0176. The summed E-state index contributed by atoms with van der Waals surface area (Å²) >= 11 is 0. The van der Waals surface area contributed by atoms with E-state index in [0.717, 1.165) is 59.1 Å². The van der Waals surface area contributed by atoms with Crippen LogP contribution in [0.15, 0.2) is 101 Å². The number of ether oxygens (including phenoxy) is 3. The van der Waals surface area contributed by atoms with Crippen molar-refractivity contribution >= 4 is 86.9 Å². The Morgan fingerprint density at radius 1 is 0.582 bits per heavy atom. The summed E-state index contributed by atoms with van der Waals surface area (Å²) in [7, 11) is 9.65. The lowest BCUT2D eigenvalue weighted by molar-refractivity contribution is 0.215. The molecular weight excluding hydrogens is 1180 g/mol. The molecule has 1 aliphatic heterocycles. The first kappa shape index (κ1) is 66.0. The molecule has 0 radical (unpaired) electrons. The first-order valence-corrected chi connectivity index (χ1v) is 28.7. The number of nitrogens with zero attached hydrogens (tertiary/aromatic N) is 14. The average molecular weight is 1250 g/mol. The Bertz CT molecular complexity index is 4120. The van der Waals surface area contributed by atoms with Gasteiger partial charge in [0, 0.05) is 59.9 Å². The fourth-order valence-corrected chi connectivity index (χ4v) is 9.78. The first-order chi connectivity index (χ1) is 43.9. The van der Waals surface area contributed by atoms with Crippen LogP contribution in [-0.4, -0.2) is 172 Å². The van der Waals surface area contributed by atoms with Crippen LogP contribution in [-0.2, 0) is 14.5 Å². The van der Waals surface area contributed by atoms with E-state index in [4.69, 9.17) is 41.1 Å². The average Bonchev–Trinajstić information content (AvgIpc) is 2.13. The van der Waals surface area contributed by atoms with Crippen LogP contribution in [0.1, 0.15) is 59.5 Å². The number of rotatable bonds is 20. The maximum absolute atomic E-state index is 15.0. The molecule has 3 amide bonds. The van der Waals surface area contributed by atoms with Crippen LogP contribution in [0.3, 0.4) is 0 Å². The third-order valence-electron chi connectivity index (χ3n) is 14.1. The maximum Gasteiger partial charge on any atom is 0.326 e. The Labute approximate surface area is 523 Å². The van der Waals surface area contributed by atoms with Crippen molar-refractivity contribution in [1.82, 2.24) is 69.4 Å². The summed E-state index contributed by atoms with van der Waals surface area (Å²) in [5.41, 5.74) is 23.0. The number of fused-ring (bicyclic) bond motifs is 3. The Hall–Kier alpha value is -11.0. The topological polar surface area (TPSA) is 356 Å². The van der Waals surface area contributed by atoms with E-state index < -0.39 is 5.82 Å². The van der Waals surface area contributed by atoms with Gasteiger partial charge < -0.3 is 71.7 Å². The molecule has 9 aromatic rings. The van der Waals surface area contributed by atoms with Gasteiger partial charge in [-0.05, 0) is 147 Å². The van der Waals surface area contributed by atoms with Gasteiger partial charge in [-0.3, -0.25) is 13.7 Å². The number of nitrogens with two attached hydrogens (primary N) is 3. The summed E-state index contributed by atoms with van der Waals surface area (Å²) in [6.07, 6.45) is 12.6. The van der Waals surface area contributed by atoms with Crippen LogP contribution in [0.5, 0.6) is 34.9 Å². The van der Waals surface area contributed by atoms with Crippen LogP contribution >= 0.6 is 0 Å². The van der Waals surface area contributed by atoms with Gasteiger partial charge in [-0.15, -0.1) is 0 Å². The minimum atomic E-state index is -0.634. The largest absolute Gasteiger partial charge is 0.438 e. The third-order valence-corrected chi connectivity index (χ3v) is 14.1. The van der Waals surface area contributed by atoms with Gasteiger partial charge in [-0.1, -0.05) is 15.5 Å². The van der Waals surface area contributed by atoms with E-state index in [2.05, 4.69) is 71.1 Å². The van der Waals surface area contributed by atoms with Crippen molar-refractivity contribution in [3.8, 4) is 34.9 Å². The Morgan fingerprint density at radius 2 is 1.02 bits per heavy atom. The van der Waals surface area contributed by atoms with Gasteiger partial charge in [0.05, 0.1) is 35.2 Å². The van der Waals surface area contributed by atoms with Gasteiger partial charge in [0.15, 0.2) is 11.6 Å². The van der Waals surface area contributed by atoms with Crippen molar-refractivity contribution in [2.75, 3.05) is 98.9 Å². The molecule has 0 unspecified atom stereocenters. The van der Waals surface area contributed by atoms with Crippen LogP contribution in [0.4, 0.5) is 36.2 Å². The Kier molecular flexibility index (Phi) is 22.7. The van der Waals surface area contributed by atoms with E-state index in [0.29, 0.717) is 46.9 Å². The van der Waals surface area contributed by atoms with Crippen molar-refractivity contribution in [3.63, 3.8) is 0 Å². The summed E-state index contributed by atoms with van der Waals surface area (Å²) in [6.45, 7) is 11.0. The molecule has 0 spiro atoms. The predicted octanol–water partition coefficient (Wildman–Crippen LogP) is 8.16. The summed E-state index contributed by atoms with van der Waals surface area (Å²) in [4.78, 5) is 80.1. The highest BCUT2D eigenvalue weighted by Gasteiger charge is 2.22. The zero-order valence-corrected chi connectivity index (χ0v) is 51.9. The van der Waals surface area contributed by atoms with Gasteiger partial charge in [-0.25, -0.2) is 48.7 Å². The molecule has 0 saturated carbocycles. The second kappa shape index (κ2) is 31.3. The summed E-state index contributed by atoms with van der Waals surface area (Å²) < 4.78 is 37.2. The number of nitrogens with one attached hydrogen (secondary N) is 3. The molecular formula is C61H73FN20O9. The molecule has 30 heteroatoms. The van der Waals surface area contributed by atoms with Gasteiger partial charge in [0.25, 0.3) is 0 Å². The third kappa shape index (κ3) is 16.4.